The third kappa shape index (κ3) is 3.60. The number of rotatable bonds is 5. The van der Waals surface area contributed by atoms with E-state index >= 15 is 0 Å². The van der Waals surface area contributed by atoms with Gasteiger partial charge in [0.15, 0.2) is 11.5 Å². The van der Waals surface area contributed by atoms with Crippen LogP contribution in [0.15, 0.2) is 63.2 Å². The molecule has 0 bridgehead atoms. The van der Waals surface area contributed by atoms with E-state index in [1.807, 2.05) is 36.2 Å². The molecule has 26 heavy (non-hydrogen) atoms. The molecule has 0 radical (unpaired) electrons. The molecule has 1 aromatic carbocycles. The van der Waals surface area contributed by atoms with E-state index in [0.29, 0.717) is 23.5 Å². The number of para-hydroxylation sites is 1. The van der Waals surface area contributed by atoms with E-state index in [-0.39, 0.29) is 11.9 Å². The monoisotopic (exact) mass is 375 g/mol. The van der Waals surface area contributed by atoms with Crippen LogP contribution in [0, 0.1) is 0 Å². The topological polar surface area (TPSA) is 69.0 Å². The highest BCUT2D eigenvalue weighted by Crippen LogP contribution is 2.30. The molecule has 0 amide bonds. The minimum atomic E-state index is -0.543. The van der Waals surface area contributed by atoms with Gasteiger partial charge in [-0.3, -0.25) is 4.79 Å². The van der Waals surface area contributed by atoms with Gasteiger partial charge in [0.2, 0.25) is 0 Å². The Kier molecular flexibility index (Phi) is 5.32. The molecule has 1 heterocycles. The van der Waals surface area contributed by atoms with Crippen LogP contribution in [-0.4, -0.2) is 32.0 Å². The first-order chi connectivity index (χ1) is 12.5. The predicted molar refractivity (Wildman–Crippen MR) is 99.3 cm³/mol. The van der Waals surface area contributed by atoms with E-state index in [1.54, 1.807) is 12.1 Å². The van der Waals surface area contributed by atoms with E-state index in [0.717, 1.165) is 11.1 Å². The molecule has 1 aliphatic carbocycles. The molecule has 1 aliphatic rings. The molecule has 0 fully saturated rings. The van der Waals surface area contributed by atoms with Crippen molar-refractivity contribution in [2.45, 2.75) is 12.5 Å². The average Bonchev–Trinajstić information content (AvgIpc) is 2.66. The van der Waals surface area contributed by atoms with Crippen molar-refractivity contribution in [1.82, 2.24) is 0 Å². The van der Waals surface area contributed by atoms with Crippen molar-refractivity contribution < 1.29 is 18.7 Å². The van der Waals surface area contributed by atoms with Crippen LogP contribution in [0.4, 0.5) is 5.69 Å². The molecule has 0 saturated carbocycles. The first-order valence-electron chi connectivity index (χ1n) is 8.01. The second-order valence-electron chi connectivity index (χ2n) is 5.79. The molecule has 0 N–H and O–H groups in total. The van der Waals surface area contributed by atoms with Gasteiger partial charge in [-0.15, -0.1) is 11.6 Å². The van der Waals surface area contributed by atoms with Crippen LogP contribution in [0.1, 0.15) is 6.42 Å². The SMILES string of the molecule is COC1=C(OC(=O)CCl)CC(N(C)c2cc(=O)oc3ccccc23)C=C1. The summed E-state index contributed by atoms with van der Waals surface area (Å²) in [5, 5.41) is 0.823. The Morgan fingerprint density at radius 2 is 2.15 bits per heavy atom. The van der Waals surface area contributed by atoms with Crippen molar-refractivity contribution in [3.63, 3.8) is 0 Å². The summed E-state index contributed by atoms with van der Waals surface area (Å²) in [7, 11) is 3.38. The smallest absolute Gasteiger partial charge is 0.338 e. The van der Waals surface area contributed by atoms with E-state index in [9.17, 15) is 9.59 Å². The molecule has 6 nitrogen and oxygen atoms in total. The molecule has 3 rings (SSSR count). The number of allylic oxidation sites excluding steroid dienone is 1. The summed E-state index contributed by atoms with van der Waals surface area (Å²) in [6, 6.07) is 8.65. The summed E-state index contributed by atoms with van der Waals surface area (Å²) < 4.78 is 15.8. The fourth-order valence-corrected chi connectivity index (χ4v) is 2.97. The van der Waals surface area contributed by atoms with Crippen LogP contribution in [0.2, 0.25) is 0 Å². The summed E-state index contributed by atoms with van der Waals surface area (Å²) in [4.78, 5) is 25.4. The molecule has 1 atom stereocenters. The number of ether oxygens (including phenoxy) is 2. The first kappa shape index (κ1) is 18.1. The van der Waals surface area contributed by atoms with E-state index in [1.165, 1.54) is 13.2 Å². The normalized spacial score (nSPS) is 16.7. The fraction of sp³-hybridized carbons (Fsp3) is 0.263. The lowest BCUT2D eigenvalue weighted by Gasteiger charge is -2.31. The number of halogens is 1. The Balaban J connectivity index is 1.93. The van der Waals surface area contributed by atoms with Gasteiger partial charge in [0.1, 0.15) is 11.5 Å². The molecule has 0 aliphatic heterocycles. The van der Waals surface area contributed by atoms with E-state index in [2.05, 4.69) is 0 Å². The quantitative estimate of drug-likeness (QED) is 0.454. The zero-order valence-electron chi connectivity index (χ0n) is 14.4. The van der Waals surface area contributed by atoms with Gasteiger partial charge in [0.05, 0.1) is 18.8 Å². The maximum Gasteiger partial charge on any atom is 0.338 e. The minimum absolute atomic E-state index is 0.141. The number of hydrogen-bond acceptors (Lipinski definition) is 6. The molecule has 136 valence electrons. The van der Waals surface area contributed by atoms with Crippen molar-refractivity contribution in [2.24, 2.45) is 0 Å². The Morgan fingerprint density at radius 1 is 1.38 bits per heavy atom. The van der Waals surface area contributed by atoms with Gasteiger partial charge in [-0.1, -0.05) is 18.2 Å². The van der Waals surface area contributed by atoms with Crippen molar-refractivity contribution >= 4 is 34.2 Å². The second kappa shape index (κ2) is 7.66. The van der Waals surface area contributed by atoms with Crippen molar-refractivity contribution in [3.8, 4) is 0 Å². The summed E-state index contributed by atoms with van der Waals surface area (Å²) >= 11 is 5.53. The average molecular weight is 376 g/mol. The number of carbonyl (C=O) groups excluding carboxylic acids is 1. The number of benzene rings is 1. The lowest BCUT2D eigenvalue weighted by atomic mass is 10.0. The van der Waals surface area contributed by atoms with Crippen LogP contribution in [0.5, 0.6) is 0 Å². The maximum atomic E-state index is 11.9. The molecular weight excluding hydrogens is 358 g/mol. The van der Waals surface area contributed by atoms with Gasteiger partial charge in [-0.25, -0.2) is 4.79 Å². The number of carbonyl (C=O) groups is 1. The molecule has 7 heteroatoms. The number of esters is 1. The van der Waals surface area contributed by atoms with Crippen molar-refractivity contribution in [2.75, 3.05) is 24.9 Å². The van der Waals surface area contributed by atoms with Gasteiger partial charge in [0.25, 0.3) is 0 Å². The molecule has 0 spiro atoms. The van der Waals surface area contributed by atoms with Crippen molar-refractivity contribution in [3.05, 3.63) is 64.4 Å². The Hall–Kier alpha value is -2.73. The molecule has 1 aromatic heterocycles. The fourth-order valence-electron chi connectivity index (χ4n) is 2.92. The number of hydrogen-bond donors (Lipinski definition) is 0. The van der Waals surface area contributed by atoms with Gasteiger partial charge in [-0.2, -0.15) is 0 Å². The maximum absolute atomic E-state index is 11.9. The van der Waals surface area contributed by atoms with E-state index < -0.39 is 11.6 Å². The summed E-state index contributed by atoms with van der Waals surface area (Å²) in [5.41, 5.74) is 0.825. The highest BCUT2D eigenvalue weighted by molar-refractivity contribution is 6.26. The predicted octanol–water partition coefficient (Wildman–Crippen LogP) is 3.20. The zero-order chi connectivity index (χ0) is 18.7. The molecule has 0 saturated heterocycles. The lowest BCUT2D eigenvalue weighted by molar-refractivity contribution is -0.137. The summed E-state index contributed by atoms with van der Waals surface area (Å²) in [6.45, 7) is 0. The lowest BCUT2D eigenvalue weighted by Crippen LogP contribution is -2.33. The van der Waals surface area contributed by atoms with Gasteiger partial charge >= 0.3 is 11.6 Å². The zero-order valence-corrected chi connectivity index (χ0v) is 15.2. The van der Waals surface area contributed by atoms with Crippen LogP contribution < -0.4 is 10.5 Å². The number of alkyl halides is 1. The summed E-state index contributed by atoms with van der Waals surface area (Å²) in [5.74, 6) is 0.101. The minimum Gasteiger partial charge on any atom is -0.493 e. The van der Waals surface area contributed by atoms with Crippen LogP contribution in [0.25, 0.3) is 11.0 Å². The van der Waals surface area contributed by atoms with Crippen molar-refractivity contribution in [1.29, 1.82) is 0 Å². The standard InChI is InChI=1S/C19H18ClNO5/c1-21(14-10-18(22)25-15-6-4-3-5-13(14)15)12-7-8-16(24-2)17(9-12)26-19(23)11-20/h3-8,10,12H,9,11H2,1-2H3. The number of anilines is 1. The van der Waals surface area contributed by atoms with Crippen LogP contribution in [0.3, 0.4) is 0 Å². The molecular formula is C19H18ClNO5. The highest BCUT2D eigenvalue weighted by Gasteiger charge is 2.25. The number of likely N-dealkylation sites (N-methyl/N-ethyl adjacent to an activating group) is 1. The third-order valence-electron chi connectivity index (χ3n) is 4.21. The summed E-state index contributed by atoms with van der Waals surface area (Å²) in [6.07, 6.45) is 4.07. The molecule has 2 aromatic rings. The second-order valence-corrected chi connectivity index (χ2v) is 6.05. The van der Waals surface area contributed by atoms with Crippen LogP contribution in [-0.2, 0) is 14.3 Å². The van der Waals surface area contributed by atoms with Gasteiger partial charge in [0, 0.05) is 24.9 Å². The number of fused-ring (bicyclic) bond motifs is 1. The Bertz CT molecular complexity index is 946. The Morgan fingerprint density at radius 3 is 2.88 bits per heavy atom. The highest BCUT2D eigenvalue weighted by atomic mass is 35.5. The Labute approximate surface area is 155 Å². The third-order valence-corrected chi connectivity index (χ3v) is 4.43. The van der Waals surface area contributed by atoms with Gasteiger partial charge in [-0.05, 0) is 18.2 Å². The van der Waals surface area contributed by atoms with Crippen LogP contribution >= 0.6 is 11.6 Å². The molecule has 1 unspecified atom stereocenters. The number of methoxy groups -OCH3 is 1. The largest absolute Gasteiger partial charge is 0.493 e. The van der Waals surface area contributed by atoms with Gasteiger partial charge < -0.3 is 18.8 Å². The van der Waals surface area contributed by atoms with E-state index in [4.69, 9.17) is 25.5 Å². The first-order valence-corrected chi connectivity index (χ1v) is 8.54. The number of nitrogens with zero attached hydrogens (tertiary/aromatic N) is 1.